The molecule has 2 aromatic rings. The lowest BCUT2D eigenvalue weighted by atomic mass is 10.1. The van der Waals surface area contributed by atoms with E-state index in [-0.39, 0.29) is 31.1 Å². The van der Waals surface area contributed by atoms with E-state index in [9.17, 15) is 9.59 Å². The molecule has 2 aromatic carbocycles. The van der Waals surface area contributed by atoms with Crippen molar-refractivity contribution in [1.29, 1.82) is 0 Å². The van der Waals surface area contributed by atoms with Crippen LogP contribution in [0.3, 0.4) is 0 Å². The first kappa shape index (κ1) is 22.1. The maximum absolute atomic E-state index is 12.8. The molecule has 30 heavy (non-hydrogen) atoms. The summed E-state index contributed by atoms with van der Waals surface area (Å²) in [4.78, 5) is 27.0. The first-order chi connectivity index (χ1) is 14.4. The largest absolute Gasteiger partial charge is 0.484 e. The highest BCUT2D eigenvalue weighted by atomic mass is 35.5. The van der Waals surface area contributed by atoms with E-state index in [1.54, 1.807) is 24.3 Å². The molecule has 1 N–H and O–H groups in total. The minimum atomic E-state index is -0.276. The summed E-state index contributed by atoms with van der Waals surface area (Å²) in [7, 11) is 0. The van der Waals surface area contributed by atoms with Crippen molar-refractivity contribution < 1.29 is 19.1 Å². The third kappa shape index (κ3) is 6.21. The van der Waals surface area contributed by atoms with E-state index in [2.05, 4.69) is 5.32 Å². The van der Waals surface area contributed by atoms with Crippen LogP contribution in [0.4, 0.5) is 5.69 Å². The smallest absolute Gasteiger partial charge is 0.261 e. The monoisotopic (exact) mass is 430 g/mol. The highest BCUT2D eigenvalue weighted by Gasteiger charge is 2.25. The number of hydrogen-bond acceptors (Lipinski definition) is 4. The van der Waals surface area contributed by atoms with Gasteiger partial charge in [-0.3, -0.25) is 9.59 Å². The molecule has 0 saturated carbocycles. The molecule has 160 valence electrons. The Morgan fingerprint density at radius 3 is 2.77 bits per heavy atom. The van der Waals surface area contributed by atoms with Gasteiger partial charge in [0.05, 0.1) is 6.10 Å². The van der Waals surface area contributed by atoms with Crippen LogP contribution in [0.15, 0.2) is 42.5 Å². The van der Waals surface area contributed by atoms with Crippen LogP contribution in [0.25, 0.3) is 0 Å². The summed E-state index contributed by atoms with van der Waals surface area (Å²) < 4.78 is 11.2. The number of rotatable bonds is 8. The molecule has 1 aliphatic rings. The summed E-state index contributed by atoms with van der Waals surface area (Å²) in [5.41, 5.74) is 2.85. The van der Waals surface area contributed by atoms with Crippen molar-refractivity contribution in [2.75, 3.05) is 31.6 Å². The lowest BCUT2D eigenvalue weighted by molar-refractivity contribution is -0.138. The van der Waals surface area contributed by atoms with Gasteiger partial charge in [0.15, 0.2) is 6.61 Å². The first-order valence-electron chi connectivity index (χ1n) is 10.1. The second-order valence-corrected chi connectivity index (χ2v) is 7.89. The predicted octanol–water partition coefficient (Wildman–Crippen LogP) is 3.98. The van der Waals surface area contributed by atoms with Crippen LogP contribution in [0.1, 0.15) is 24.0 Å². The number of nitrogens with one attached hydrogen (secondary N) is 1. The molecular formula is C23H27ClN2O4. The number of amides is 2. The number of anilines is 1. The Morgan fingerprint density at radius 2 is 2.03 bits per heavy atom. The SMILES string of the molecule is Cc1cccc(NC(=O)CN(CC2CCCO2)C(=O)COc2cccc(Cl)c2)c1C. The molecule has 0 bridgehead atoms. The number of nitrogens with zero attached hydrogens (tertiary/aromatic N) is 1. The topological polar surface area (TPSA) is 67.9 Å². The van der Waals surface area contributed by atoms with Gasteiger partial charge in [-0.25, -0.2) is 0 Å². The first-order valence-corrected chi connectivity index (χ1v) is 10.4. The van der Waals surface area contributed by atoms with Gasteiger partial charge in [0.1, 0.15) is 12.3 Å². The summed E-state index contributed by atoms with van der Waals surface area (Å²) in [6.45, 7) is 4.75. The van der Waals surface area contributed by atoms with Crippen molar-refractivity contribution in [3.8, 4) is 5.75 Å². The fourth-order valence-electron chi connectivity index (χ4n) is 3.33. The minimum absolute atomic E-state index is 0.0615. The fourth-order valence-corrected chi connectivity index (χ4v) is 3.51. The van der Waals surface area contributed by atoms with E-state index >= 15 is 0 Å². The van der Waals surface area contributed by atoms with Crippen LogP contribution < -0.4 is 10.1 Å². The Hall–Kier alpha value is -2.57. The van der Waals surface area contributed by atoms with Crippen molar-refractivity contribution in [2.45, 2.75) is 32.8 Å². The van der Waals surface area contributed by atoms with Crippen LogP contribution in [0, 0.1) is 13.8 Å². The third-order valence-corrected chi connectivity index (χ3v) is 5.41. The lowest BCUT2D eigenvalue weighted by Crippen LogP contribution is -2.44. The van der Waals surface area contributed by atoms with Crippen molar-refractivity contribution >= 4 is 29.1 Å². The number of aryl methyl sites for hydroxylation is 1. The highest BCUT2D eigenvalue weighted by molar-refractivity contribution is 6.30. The Kier molecular flexibility index (Phi) is 7.71. The van der Waals surface area contributed by atoms with Gasteiger partial charge in [0.25, 0.3) is 5.91 Å². The van der Waals surface area contributed by atoms with Gasteiger partial charge >= 0.3 is 0 Å². The Balaban J connectivity index is 1.64. The Bertz CT molecular complexity index is 897. The maximum atomic E-state index is 12.8. The second-order valence-electron chi connectivity index (χ2n) is 7.45. The zero-order valence-corrected chi connectivity index (χ0v) is 18.1. The van der Waals surface area contributed by atoms with Gasteiger partial charge < -0.3 is 19.7 Å². The quantitative estimate of drug-likeness (QED) is 0.687. The van der Waals surface area contributed by atoms with Crippen molar-refractivity contribution in [3.05, 3.63) is 58.6 Å². The molecule has 7 heteroatoms. The second kappa shape index (κ2) is 10.5. The van der Waals surface area contributed by atoms with Crippen LogP contribution in [-0.2, 0) is 14.3 Å². The molecule has 1 atom stereocenters. The molecule has 0 radical (unpaired) electrons. The van der Waals surface area contributed by atoms with E-state index in [0.717, 1.165) is 29.7 Å². The molecule has 1 aliphatic heterocycles. The molecule has 1 fully saturated rings. The average Bonchev–Trinajstić information content (AvgIpc) is 3.22. The fraction of sp³-hybridized carbons (Fsp3) is 0.391. The molecule has 0 aromatic heterocycles. The number of halogens is 1. The number of carbonyl (C=O) groups is 2. The summed E-state index contributed by atoms with van der Waals surface area (Å²) in [6.07, 6.45) is 1.77. The zero-order valence-electron chi connectivity index (χ0n) is 17.3. The Morgan fingerprint density at radius 1 is 1.23 bits per heavy atom. The van der Waals surface area contributed by atoms with E-state index in [1.165, 1.54) is 4.90 Å². The van der Waals surface area contributed by atoms with Gasteiger partial charge in [0.2, 0.25) is 5.91 Å². The van der Waals surface area contributed by atoms with Gasteiger partial charge in [-0.05, 0) is 62.1 Å². The Labute approximate surface area is 182 Å². The molecule has 2 amide bonds. The number of carbonyl (C=O) groups excluding carboxylic acids is 2. The molecular weight excluding hydrogens is 404 g/mol. The summed E-state index contributed by atoms with van der Waals surface area (Å²) >= 11 is 5.96. The van der Waals surface area contributed by atoms with Gasteiger partial charge in [-0.15, -0.1) is 0 Å². The number of ether oxygens (including phenoxy) is 2. The van der Waals surface area contributed by atoms with Gasteiger partial charge in [0, 0.05) is 23.9 Å². The van der Waals surface area contributed by atoms with Crippen LogP contribution >= 0.6 is 11.6 Å². The standard InChI is InChI=1S/C23H27ClN2O4/c1-16-6-3-10-21(17(16)2)25-22(27)14-26(13-20-9-5-11-29-20)23(28)15-30-19-8-4-7-18(24)12-19/h3-4,6-8,10,12,20H,5,9,11,13-15H2,1-2H3,(H,25,27). The van der Waals surface area contributed by atoms with E-state index in [1.807, 2.05) is 32.0 Å². The lowest BCUT2D eigenvalue weighted by Gasteiger charge is -2.25. The molecule has 3 rings (SSSR count). The van der Waals surface area contributed by atoms with Crippen LogP contribution in [0.5, 0.6) is 5.75 Å². The van der Waals surface area contributed by atoms with Gasteiger partial charge in [-0.1, -0.05) is 29.8 Å². The molecule has 6 nitrogen and oxygen atoms in total. The molecule has 1 unspecified atom stereocenters. The van der Waals surface area contributed by atoms with E-state index < -0.39 is 0 Å². The molecule has 1 saturated heterocycles. The zero-order chi connectivity index (χ0) is 21.5. The van der Waals surface area contributed by atoms with Crippen LogP contribution in [0.2, 0.25) is 5.02 Å². The minimum Gasteiger partial charge on any atom is -0.484 e. The van der Waals surface area contributed by atoms with Crippen molar-refractivity contribution in [2.24, 2.45) is 0 Å². The summed E-state index contributed by atoms with van der Waals surface area (Å²) in [6, 6.07) is 12.6. The maximum Gasteiger partial charge on any atom is 0.261 e. The van der Waals surface area contributed by atoms with Crippen molar-refractivity contribution in [1.82, 2.24) is 4.90 Å². The summed E-state index contributed by atoms with van der Waals surface area (Å²) in [5, 5.41) is 3.44. The van der Waals surface area contributed by atoms with E-state index in [0.29, 0.717) is 23.9 Å². The van der Waals surface area contributed by atoms with Gasteiger partial charge in [-0.2, -0.15) is 0 Å². The highest BCUT2D eigenvalue weighted by Crippen LogP contribution is 2.19. The normalized spacial score (nSPS) is 15.6. The van der Waals surface area contributed by atoms with E-state index in [4.69, 9.17) is 21.1 Å². The van der Waals surface area contributed by atoms with Crippen LogP contribution in [-0.4, -0.2) is 49.1 Å². The molecule has 0 aliphatic carbocycles. The van der Waals surface area contributed by atoms with Crippen molar-refractivity contribution in [3.63, 3.8) is 0 Å². The summed E-state index contributed by atoms with van der Waals surface area (Å²) in [5.74, 6) is -0.0212. The molecule has 0 spiro atoms. The number of hydrogen-bond donors (Lipinski definition) is 1. The third-order valence-electron chi connectivity index (χ3n) is 5.17. The molecule has 1 heterocycles. The predicted molar refractivity (Wildman–Crippen MR) is 117 cm³/mol. The average molecular weight is 431 g/mol. The number of benzene rings is 2.